The van der Waals surface area contributed by atoms with E-state index in [1.807, 2.05) is 18.2 Å². The van der Waals surface area contributed by atoms with E-state index in [0.29, 0.717) is 6.04 Å². The fourth-order valence-corrected chi connectivity index (χ4v) is 1.82. The summed E-state index contributed by atoms with van der Waals surface area (Å²) in [5.41, 5.74) is 1.13. The Kier molecular flexibility index (Phi) is 5.78. The Morgan fingerprint density at radius 2 is 2.00 bits per heavy atom. The molecule has 17 heavy (non-hydrogen) atoms. The van der Waals surface area contributed by atoms with Crippen LogP contribution in [0.25, 0.3) is 6.08 Å². The molecule has 0 aromatic heterocycles. The minimum Gasteiger partial charge on any atom is -0.496 e. The van der Waals surface area contributed by atoms with E-state index in [0.717, 1.165) is 24.4 Å². The lowest BCUT2D eigenvalue weighted by molar-refractivity contribution is 0.260. The zero-order valence-electron chi connectivity index (χ0n) is 11.3. The van der Waals surface area contributed by atoms with Crippen molar-refractivity contribution in [3.05, 3.63) is 35.9 Å². The van der Waals surface area contributed by atoms with Gasteiger partial charge in [0, 0.05) is 18.2 Å². The van der Waals surface area contributed by atoms with E-state index < -0.39 is 0 Å². The molecule has 2 nitrogen and oxygen atoms in total. The van der Waals surface area contributed by atoms with Gasteiger partial charge in [-0.15, -0.1) is 0 Å². The van der Waals surface area contributed by atoms with E-state index in [-0.39, 0.29) is 0 Å². The van der Waals surface area contributed by atoms with Crippen molar-refractivity contribution in [2.75, 3.05) is 20.2 Å². The molecule has 0 aliphatic heterocycles. The van der Waals surface area contributed by atoms with Gasteiger partial charge >= 0.3 is 0 Å². The average Bonchev–Trinajstić information content (AvgIpc) is 2.34. The molecule has 0 unspecified atom stereocenters. The molecule has 0 aliphatic carbocycles. The highest BCUT2D eigenvalue weighted by molar-refractivity contribution is 5.57. The summed E-state index contributed by atoms with van der Waals surface area (Å²) < 4.78 is 5.31. The van der Waals surface area contributed by atoms with Crippen LogP contribution in [-0.4, -0.2) is 31.1 Å². The lowest BCUT2D eigenvalue weighted by Crippen LogP contribution is -2.30. The van der Waals surface area contributed by atoms with Gasteiger partial charge in [0.05, 0.1) is 7.11 Å². The van der Waals surface area contributed by atoms with Gasteiger partial charge in [0.25, 0.3) is 0 Å². The molecule has 1 aromatic rings. The third-order valence-electron chi connectivity index (χ3n) is 2.91. The summed E-state index contributed by atoms with van der Waals surface area (Å²) in [4.78, 5) is 2.41. The first-order valence-electron chi connectivity index (χ1n) is 6.22. The summed E-state index contributed by atoms with van der Waals surface area (Å²) in [6.07, 6.45) is 4.32. The predicted molar refractivity (Wildman–Crippen MR) is 74.4 cm³/mol. The minimum atomic E-state index is 0.585. The molecule has 0 saturated heterocycles. The number of para-hydroxylation sites is 1. The van der Waals surface area contributed by atoms with Gasteiger partial charge in [-0.05, 0) is 26.5 Å². The zero-order chi connectivity index (χ0) is 12.7. The van der Waals surface area contributed by atoms with Crippen LogP contribution >= 0.6 is 0 Å². The molecule has 0 bridgehead atoms. The molecule has 0 atom stereocenters. The van der Waals surface area contributed by atoms with Crippen LogP contribution in [0.4, 0.5) is 0 Å². The number of ether oxygens (including phenoxy) is 1. The van der Waals surface area contributed by atoms with Crippen molar-refractivity contribution < 1.29 is 4.74 Å². The van der Waals surface area contributed by atoms with Gasteiger partial charge in [0.15, 0.2) is 0 Å². The zero-order valence-corrected chi connectivity index (χ0v) is 11.3. The molecular formula is C15H23NO. The largest absolute Gasteiger partial charge is 0.496 e. The van der Waals surface area contributed by atoms with E-state index in [4.69, 9.17) is 4.74 Å². The Bertz CT molecular complexity index is 358. The number of hydrogen-bond donors (Lipinski definition) is 0. The minimum absolute atomic E-state index is 0.585. The maximum absolute atomic E-state index is 5.31. The number of hydrogen-bond acceptors (Lipinski definition) is 2. The van der Waals surface area contributed by atoms with Gasteiger partial charge in [-0.2, -0.15) is 0 Å². The van der Waals surface area contributed by atoms with E-state index in [1.54, 1.807) is 7.11 Å². The fraction of sp³-hybridized carbons (Fsp3) is 0.467. The third-order valence-corrected chi connectivity index (χ3v) is 2.91. The quantitative estimate of drug-likeness (QED) is 0.746. The van der Waals surface area contributed by atoms with Crippen molar-refractivity contribution in [1.29, 1.82) is 0 Å². The Morgan fingerprint density at radius 3 is 2.59 bits per heavy atom. The van der Waals surface area contributed by atoms with Crippen molar-refractivity contribution in [1.82, 2.24) is 4.90 Å². The van der Waals surface area contributed by atoms with Crippen LogP contribution in [0.3, 0.4) is 0 Å². The lowest BCUT2D eigenvalue weighted by Gasteiger charge is -2.22. The Hall–Kier alpha value is -1.28. The summed E-state index contributed by atoms with van der Waals surface area (Å²) in [5, 5.41) is 0. The summed E-state index contributed by atoms with van der Waals surface area (Å²) in [6.45, 7) is 8.69. The van der Waals surface area contributed by atoms with Gasteiger partial charge in [0.2, 0.25) is 0 Å². The van der Waals surface area contributed by atoms with E-state index >= 15 is 0 Å². The second-order valence-corrected chi connectivity index (χ2v) is 4.33. The standard InChI is InChI=1S/C15H23NO/c1-5-16(13(2)3)12-8-10-14-9-6-7-11-15(14)17-4/h6-11,13H,5,12H2,1-4H3. The van der Waals surface area contributed by atoms with Crippen LogP contribution in [0.1, 0.15) is 26.3 Å². The molecular weight excluding hydrogens is 210 g/mol. The van der Waals surface area contributed by atoms with Gasteiger partial charge in [0.1, 0.15) is 5.75 Å². The molecule has 0 spiro atoms. The van der Waals surface area contributed by atoms with Gasteiger partial charge in [-0.25, -0.2) is 0 Å². The molecule has 0 N–H and O–H groups in total. The first-order chi connectivity index (χ1) is 8.19. The second-order valence-electron chi connectivity index (χ2n) is 4.33. The third kappa shape index (κ3) is 4.23. The monoisotopic (exact) mass is 233 g/mol. The summed E-state index contributed by atoms with van der Waals surface area (Å²) in [5.74, 6) is 0.927. The van der Waals surface area contributed by atoms with Crippen molar-refractivity contribution in [2.24, 2.45) is 0 Å². The Balaban J connectivity index is 2.64. The molecule has 0 saturated carbocycles. The fourth-order valence-electron chi connectivity index (χ4n) is 1.82. The second kappa shape index (κ2) is 7.13. The van der Waals surface area contributed by atoms with Crippen molar-refractivity contribution in [3.63, 3.8) is 0 Å². The van der Waals surface area contributed by atoms with E-state index in [2.05, 4.69) is 43.9 Å². The molecule has 1 aromatic carbocycles. The molecule has 0 fully saturated rings. The smallest absolute Gasteiger partial charge is 0.126 e. The van der Waals surface area contributed by atoms with Gasteiger partial charge in [-0.1, -0.05) is 37.3 Å². The molecule has 0 radical (unpaired) electrons. The maximum atomic E-state index is 5.31. The highest BCUT2D eigenvalue weighted by Crippen LogP contribution is 2.18. The van der Waals surface area contributed by atoms with Crippen LogP contribution in [0.2, 0.25) is 0 Å². The molecule has 0 aliphatic rings. The first kappa shape index (κ1) is 13.8. The average molecular weight is 233 g/mol. The molecule has 0 heterocycles. The van der Waals surface area contributed by atoms with Crippen molar-refractivity contribution in [2.45, 2.75) is 26.8 Å². The lowest BCUT2D eigenvalue weighted by atomic mass is 10.2. The summed E-state index contributed by atoms with van der Waals surface area (Å²) in [7, 11) is 1.71. The normalized spacial score (nSPS) is 11.6. The van der Waals surface area contributed by atoms with Crippen LogP contribution in [-0.2, 0) is 0 Å². The van der Waals surface area contributed by atoms with Crippen LogP contribution in [0.5, 0.6) is 5.75 Å². The highest BCUT2D eigenvalue weighted by atomic mass is 16.5. The molecule has 0 amide bonds. The van der Waals surface area contributed by atoms with Crippen molar-refractivity contribution >= 4 is 6.08 Å². The van der Waals surface area contributed by atoms with E-state index in [9.17, 15) is 0 Å². The topological polar surface area (TPSA) is 12.5 Å². The Labute approximate surface area is 105 Å². The van der Waals surface area contributed by atoms with Gasteiger partial charge in [-0.3, -0.25) is 4.90 Å². The summed E-state index contributed by atoms with van der Waals surface area (Å²) >= 11 is 0. The summed E-state index contributed by atoms with van der Waals surface area (Å²) in [6, 6.07) is 8.66. The molecule has 2 heteroatoms. The maximum Gasteiger partial charge on any atom is 0.126 e. The number of benzene rings is 1. The molecule has 94 valence electrons. The highest BCUT2D eigenvalue weighted by Gasteiger charge is 2.03. The van der Waals surface area contributed by atoms with Crippen molar-refractivity contribution in [3.8, 4) is 5.75 Å². The first-order valence-corrected chi connectivity index (χ1v) is 6.22. The van der Waals surface area contributed by atoms with Crippen LogP contribution in [0, 0.1) is 0 Å². The Morgan fingerprint density at radius 1 is 1.29 bits per heavy atom. The number of likely N-dealkylation sites (N-methyl/N-ethyl adjacent to an activating group) is 1. The van der Waals surface area contributed by atoms with Gasteiger partial charge < -0.3 is 4.74 Å². The predicted octanol–water partition coefficient (Wildman–Crippen LogP) is 3.44. The number of methoxy groups -OCH3 is 1. The number of nitrogens with zero attached hydrogens (tertiary/aromatic N) is 1. The van der Waals surface area contributed by atoms with Crippen LogP contribution < -0.4 is 4.74 Å². The SMILES string of the molecule is CCN(CC=Cc1ccccc1OC)C(C)C. The number of rotatable bonds is 6. The van der Waals surface area contributed by atoms with E-state index in [1.165, 1.54) is 0 Å². The molecule has 1 rings (SSSR count). The van der Waals surface area contributed by atoms with Crippen LogP contribution in [0.15, 0.2) is 30.3 Å².